The summed E-state index contributed by atoms with van der Waals surface area (Å²) in [7, 11) is 0. The van der Waals surface area contributed by atoms with Crippen LogP contribution < -0.4 is 0 Å². The summed E-state index contributed by atoms with van der Waals surface area (Å²) in [5, 5.41) is 9.06. The van der Waals surface area contributed by atoms with Crippen molar-refractivity contribution in [2.75, 3.05) is 6.54 Å². The second-order valence-electron chi connectivity index (χ2n) is 5.50. The number of aliphatic carboxylic acids is 1. The number of carbonyl (C=O) groups excluding carboxylic acids is 1. The van der Waals surface area contributed by atoms with E-state index >= 15 is 0 Å². The van der Waals surface area contributed by atoms with Crippen LogP contribution in [-0.2, 0) is 9.53 Å². The van der Waals surface area contributed by atoms with Crippen LogP contribution in [0.4, 0.5) is 4.79 Å². The number of rotatable bonds is 1. The van der Waals surface area contributed by atoms with Crippen LogP contribution in [0.15, 0.2) is 0 Å². The van der Waals surface area contributed by atoms with Gasteiger partial charge in [0.05, 0.1) is 5.92 Å². The minimum atomic E-state index is -0.842. The zero-order chi connectivity index (χ0) is 13.2. The number of carboxylic acids is 1. The third-order valence-electron chi connectivity index (χ3n) is 2.93. The van der Waals surface area contributed by atoms with E-state index in [1.54, 1.807) is 27.7 Å². The lowest BCUT2D eigenvalue weighted by molar-refractivity contribution is -0.145. The summed E-state index contributed by atoms with van der Waals surface area (Å²) < 4.78 is 5.27. The molecular weight excluding hydrogens is 222 g/mol. The number of piperidine rings is 1. The zero-order valence-corrected chi connectivity index (χ0v) is 10.9. The number of likely N-dealkylation sites (tertiary alicyclic amines) is 1. The molecule has 5 nitrogen and oxygen atoms in total. The average Bonchev–Trinajstić information content (AvgIpc) is 2.14. The molecule has 1 rings (SSSR count). The van der Waals surface area contributed by atoms with Crippen LogP contribution in [0.3, 0.4) is 0 Å². The molecule has 98 valence electrons. The lowest BCUT2D eigenvalue weighted by atomic mass is 9.91. The van der Waals surface area contributed by atoms with Gasteiger partial charge >= 0.3 is 12.1 Å². The summed E-state index contributed by atoms with van der Waals surface area (Å²) in [6.45, 7) is 7.73. The van der Waals surface area contributed by atoms with Gasteiger partial charge in [-0.15, -0.1) is 0 Å². The third kappa shape index (κ3) is 3.61. The van der Waals surface area contributed by atoms with Crippen LogP contribution in [0.1, 0.15) is 40.5 Å². The van der Waals surface area contributed by atoms with Crippen molar-refractivity contribution in [3.8, 4) is 0 Å². The number of nitrogens with zero attached hydrogens (tertiary/aromatic N) is 1. The number of amides is 1. The number of hydrogen-bond donors (Lipinski definition) is 1. The zero-order valence-electron chi connectivity index (χ0n) is 10.9. The van der Waals surface area contributed by atoms with E-state index in [9.17, 15) is 9.59 Å². The summed E-state index contributed by atoms with van der Waals surface area (Å²) in [4.78, 5) is 24.5. The minimum absolute atomic E-state index is 0.309. The Morgan fingerprint density at radius 1 is 1.35 bits per heavy atom. The highest BCUT2D eigenvalue weighted by Gasteiger charge is 2.37. The smallest absolute Gasteiger partial charge is 0.410 e. The standard InChI is InChI=1S/C12H21NO4/c1-8-9(10(14)15)6-5-7-13(8)11(16)17-12(2,3)4/h8-9H,5-7H2,1-4H3,(H,14,15)/t8-,9+/m0/s1. The number of hydrogen-bond acceptors (Lipinski definition) is 3. The minimum Gasteiger partial charge on any atom is -0.481 e. The predicted molar refractivity (Wildman–Crippen MR) is 62.8 cm³/mol. The van der Waals surface area contributed by atoms with E-state index in [0.29, 0.717) is 19.4 Å². The van der Waals surface area contributed by atoms with Crippen molar-refractivity contribution in [3.05, 3.63) is 0 Å². The molecule has 0 radical (unpaired) electrons. The topological polar surface area (TPSA) is 66.8 Å². The van der Waals surface area contributed by atoms with Gasteiger partial charge in [-0.2, -0.15) is 0 Å². The van der Waals surface area contributed by atoms with E-state index in [1.807, 2.05) is 0 Å². The quantitative estimate of drug-likeness (QED) is 0.766. The van der Waals surface area contributed by atoms with Gasteiger partial charge in [0.1, 0.15) is 5.60 Å². The highest BCUT2D eigenvalue weighted by molar-refractivity contribution is 5.74. The van der Waals surface area contributed by atoms with Gasteiger partial charge in [-0.1, -0.05) is 0 Å². The summed E-state index contributed by atoms with van der Waals surface area (Å²) in [5.41, 5.74) is -0.549. The van der Waals surface area contributed by atoms with Gasteiger partial charge < -0.3 is 14.7 Å². The largest absolute Gasteiger partial charge is 0.481 e. The first-order valence-electron chi connectivity index (χ1n) is 5.95. The fourth-order valence-corrected chi connectivity index (χ4v) is 2.05. The summed E-state index contributed by atoms with van der Waals surface area (Å²) in [6.07, 6.45) is 0.909. The lowest BCUT2D eigenvalue weighted by Gasteiger charge is -2.38. The first kappa shape index (κ1) is 13.8. The van der Waals surface area contributed by atoms with E-state index in [0.717, 1.165) is 0 Å². The van der Waals surface area contributed by atoms with Gasteiger partial charge in [0.2, 0.25) is 0 Å². The molecule has 0 aromatic heterocycles. The van der Waals surface area contributed by atoms with E-state index in [-0.39, 0.29) is 6.04 Å². The van der Waals surface area contributed by atoms with Gasteiger partial charge in [0, 0.05) is 12.6 Å². The molecule has 5 heteroatoms. The lowest BCUT2D eigenvalue weighted by Crippen LogP contribution is -2.50. The van der Waals surface area contributed by atoms with Crippen LogP contribution in [0.5, 0.6) is 0 Å². The molecule has 1 fully saturated rings. The Balaban J connectivity index is 2.70. The monoisotopic (exact) mass is 243 g/mol. The van der Waals surface area contributed by atoms with E-state index in [2.05, 4.69) is 0 Å². The maximum absolute atomic E-state index is 11.9. The molecule has 1 N–H and O–H groups in total. The Hall–Kier alpha value is -1.26. The van der Waals surface area contributed by atoms with E-state index in [4.69, 9.17) is 9.84 Å². The van der Waals surface area contributed by atoms with Crippen molar-refractivity contribution >= 4 is 12.1 Å². The molecule has 1 saturated heterocycles. The third-order valence-corrected chi connectivity index (χ3v) is 2.93. The SMILES string of the molecule is C[C@H]1[C@H](C(=O)O)CCCN1C(=O)OC(C)(C)C. The van der Waals surface area contributed by atoms with Crippen LogP contribution in [-0.4, -0.2) is 40.3 Å². The van der Waals surface area contributed by atoms with Gasteiger partial charge in [-0.25, -0.2) is 4.79 Å². The molecular formula is C12H21NO4. The Bertz CT molecular complexity index is 308. The molecule has 0 aromatic rings. The molecule has 0 saturated carbocycles. The highest BCUT2D eigenvalue weighted by atomic mass is 16.6. The van der Waals surface area contributed by atoms with Gasteiger partial charge in [0.15, 0.2) is 0 Å². The molecule has 0 bridgehead atoms. The highest BCUT2D eigenvalue weighted by Crippen LogP contribution is 2.25. The normalized spacial score (nSPS) is 25.5. The van der Waals surface area contributed by atoms with Crippen molar-refractivity contribution < 1.29 is 19.4 Å². The molecule has 1 aliphatic rings. The van der Waals surface area contributed by atoms with Crippen molar-refractivity contribution in [1.82, 2.24) is 4.90 Å². The summed E-state index contributed by atoms with van der Waals surface area (Å²) >= 11 is 0. The van der Waals surface area contributed by atoms with Gasteiger partial charge in [-0.3, -0.25) is 4.79 Å². The van der Waals surface area contributed by atoms with Crippen molar-refractivity contribution in [2.45, 2.75) is 52.2 Å². The summed E-state index contributed by atoms with van der Waals surface area (Å²) in [6, 6.07) is -0.309. The Morgan fingerprint density at radius 2 is 1.94 bits per heavy atom. The van der Waals surface area contributed by atoms with Crippen molar-refractivity contribution in [3.63, 3.8) is 0 Å². The van der Waals surface area contributed by atoms with Crippen LogP contribution in [0.2, 0.25) is 0 Å². The maximum Gasteiger partial charge on any atom is 0.410 e. The summed E-state index contributed by atoms with van der Waals surface area (Å²) in [5.74, 6) is -1.33. The molecule has 2 atom stereocenters. The van der Waals surface area contributed by atoms with Gasteiger partial charge in [-0.05, 0) is 40.5 Å². The van der Waals surface area contributed by atoms with Crippen molar-refractivity contribution in [1.29, 1.82) is 0 Å². The fraction of sp³-hybridized carbons (Fsp3) is 0.833. The molecule has 1 heterocycles. The second kappa shape index (κ2) is 4.94. The number of ether oxygens (including phenoxy) is 1. The Morgan fingerprint density at radius 3 is 2.41 bits per heavy atom. The molecule has 0 aromatic carbocycles. The maximum atomic E-state index is 11.9. The molecule has 1 aliphatic heterocycles. The first-order valence-corrected chi connectivity index (χ1v) is 5.95. The second-order valence-corrected chi connectivity index (χ2v) is 5.50. The van der Waals surface area contributed by atoms with Gasteiger partial charge in [0.25, 0.3) is 0 Å². The van der Waals surface area contributed by atoms with Crippen LogP contribution in [0, 0.1) is 5.92 Å². The fourth-order valence-electron chi connectivity index (χ4n) is 2.05. The molecule has 0 spiro atoms. The molecule has 17 heavy (non-hydrogen) atoms. The Kier molecular flexibility index (Phi) is 4.01. The van der Waals surface area contributed by atoms with Crippen LogP contribution >= 0.6 is 0 Å². The predicted octanol–water partition coefficient (Wildman–Crippen LogP) is 2.11. The average molecular weight is 243 g/mol. The number of carboxylic acid groups (broad SMARTS) is 1. The van der Waals surface area contributed by atoms with E-state index in [1.165, 1.54) is 4.90 Å². The van der Waals surface area contributed by atoms with Crippen molar-refractivity contribution in [2.24, 2.45) is 5.92 Å². The Labute approximate surface area is 102 Å². The first-order chi connectivity index (χ1) is 7.72. The number of carbonyl (C=O) groups is 2. The van der Waals surface area contributed by atoms with E-state index < -0.39 is 23.6 Å². The molecule has 0 unspecified atom stereocenters. The molecule has 0 aliphatic carbocycles. The molecule has 1 amide bonds. The van der Waals surface area contributed by atoms with Crippen LogP contribution in [0.25, 0.3) is 0 Å².